The summed E-state index contributed by atoms with van der Waals surface area (Å²) in [7, 11) is 1.46. The minimum absolute atomic E-state index is 0.226. The average Bonchev–Trinajstić information content (AvgIpc) is 2.37. The van der Waals surface area contributed by atoms with Crippen LogP contribution in [0.2, 0.25) is 0 Å². The number of H-pyrrole nitrogens is 1. The van der Waals surface area contributed by atoms with Crippen molar-refractivity contribution in [2.45, 2.75) is 12.8 Å². The van der Waals surface area contributed by atoms with Gasteiger partial charge in [0, 0.05) is 13.2 Å². The van der Waals surface area contributed by atoms with Gasteiger partial charge in [-0.25, -0.2) is 4.98 Å². The number of ether oxygens (including phenoxy) is 2. The van der Waals surface area contributed by atoms with Crippen LogP contribution in [-0.2, 0) is 4.74 Å². The van der Waals surface area contributed by atoms with Crippen molar-refractivity contribution in [3.05, 3.63) is 16.7 Å². The minimum Gasteiger partial charge on any atom is -0.489 e. The van der Waals surface area contributed by atoms with E-state index in [-0.39, 0.29) is 11.3 Å². The van der Waals surface area contributed by atoms with Crippen molar-refractivity contribution in [1.29, 1.82) is 0 Å². The highest BCUT2D eigenvalue weighted by atomic mass is 16.5. The van der Waals surface area contributed by atoms with E-state index in [0.29, 0.717) is 11.7 Å². The number of hydrogen-bond acceptors (Lipinski definition) is 5. The molecule has 0 radical (unpaired) electrons. The molecule has 1 aromatic heterocycles. The summed E-state index contributed by atoms with van der Waals surface area (Å²) in [4.78, 5) is 18.0. The zero-order chi connectivity index (χ0) is 12.1. The quantitative estimate of drug-likeness (QED) is 0.805. The van der Waals surface area contributed by atoms with Crippen molar-refractivity contribution >= 4 is 5.82 Å². The topological polar surface area (TPSA) is 76.2 Å². The van der Waals surface area contributed by atoms with E-state index < -0.39 is 0 Å². The standard InChI is InChI=1S/C11H17N3O3/c1-16-9-10(13-7-14-11(9)15)12-5-8-3-2-4-17-6-8/h7-8H,2-6H2,1H3,(H2,12,13,14,15). The Hall–Kier alpha value is -1.56. The predicted molar refractivity (Wildman–Crippen MR) is 63.4 cm³/mol. The van der Waals surface area contributed by atoms with Crippen LogP contribution in [0.4, 0.5) is 5.82 Å². The Kier molecular flexibility index (Phi) is 3.98. The van der Waals surface area contributed by atoms with Crippen molar-refractivity contribution < 1.29 is 9.47 Å². The van der Waals surface area contributed by atoms with E-state index in [4.69, 9.17) is 9.47 Å². The van der Waals surface area contributed by atoms with Crippen LogP contribution in [-0.4, -0.2) is 36.8 Å². The first-order valence-electron chi connectivity index (χ1n) is 5.74. The van der Waals surface area contributed by atoms with E-state index >= 15 is 0 Å². The van der Waals surface area contributed by atoms with Gasteiger partial charge in [0.05, 0.1) is 20.0 Å². The van der Waals surface area contributed by atoms with Crippen LogP contribution in [0.1, 0.15) is 12.8 Å². The molecule has 1 fully saturated rings. The Bertz CT molecular complexity index is 413. The van der Waals surface area contributed by atoms with Gasteiger partial charge >= 0.3 is 0 Å². The Labute approximate surface area is 99.4 Å². The first-order chi connectivity index (χ1) is 8.31. The minimum atomic E-state index is -0.273. The number of aromatic amines is 1. The lowest BCUT2D eigenvalue weighted by Crippen LogP contribution is -2.25. The highest BCUT2D eigenvalue weighted by Crippen LogP contribution is 2.18. The number of nitrogens with zero attached hydrogens (tertiary/aromatic N) is 1. The molecule has 2 rings (SSSR count). The molecule has 0 saturated carbocycles. The van der Waals surface area contributed by atoms with Gasteiger partial charge in [-0.1, -0.05) is 0 Å². The molecule has 0 aromatic carbocycles. The number of aromatic nitrogens is 2. The van der Waals surface area contributed by atoms with E-state index in [0.717, 1.165) is 32.6 Å². The summed E-state index contributed by atoms with van der Waals surface area (Å²) in [5.41, 5.74) is -0.273. The molecule has 1 atom stereocenters. The van der Waals surface area contributed by atoms with Gasteiger partial charge < -0.3 is 19.8 Å². The monoisotopic (exact) mass is 239 g/mol. The summed E-state index contributed by atoms with van der Waals surface area (Å²) in [6, 6.07) is 0. The SMILES string of the molecule is COc1c(NCC2CCCOC2)nc[nH]c1=O. The maximum atomic E-state index is 11.4. The molecule has 1 unspecified atom stereocenters. The highest BCUT2D eigenvalue weighted by molar-refractivity contribution is 5.47. The van der Waals surface area contributed by atoms with Crippen LogP contribution in [0.3, 0.4) is 0 Å². The van der Waals surface area contributed by atoms with E-state index in [1.165, 1.54) is 13.4 Å². The molecule has 2 N–H and O–H groups in total. The molecule has 1 aromatic rings. The Morgan fingerprint density at radius 2 is 2.59 bits per heavy atom. The van der Waals surface area contributed by atoms with Crippen LogP contribution in [0.5, 0.6) is 5.75 Å². The van der Waals surface area contributed by atoms with Crippen LogP contribution < -0.4 is 15.6 Å². The molecule has 2 heterocycles. The second-order valence-corrected chi connectivity index (χ2v) is 4.08. The molecule has 6 heteroatoms. The molecule has 0 amide bonds. The van der Waals surface area contributed by atoms with E-state index in [9.17, 15) is 4.79 Å². The average molecular weight is 239 g/mol. The molecular weight excluding hydrogens is 222 g/mol. The van der Waals surface area contributed by atoms with Gasteiger partial charge in [0.2, 0.25) is 5.75 Å². The summed E-state index contributed by atoms with van der Waals surface area (Å²) in [6.45, 7) is 2.36. The molecule has 6 nitrogen and oxygen atoms in total. The number of hydrogen-bond donors (Lipinski definition) is 2. The van der Waals surface area contributed by atoms with E-state index in [1.54, 1.807) is 0 Å². The fourth-order valence-electron chi connectivity index (χ4n) is 1.91. The molecule has 0 spiro atoms. The smallest absolute Gasteiger partial charge is 0.295 e. The molecule has 0 bridgehead atoms. The van der Waals surface area contributed by atoms with Crippen LogP contribution in [0.25, 0.3) is 0 Å². The van der Waals surface area contributed by atoms with Gasteiger partial charge in [-0.2, -0.15) is 0 Å². The van der Waals surface area contributed by atoms with Gasteiger partial charge in [-0.3, -0.25) is 4.79 Å². The van der Waals surface area contributed by atoms with Gasteiger partial charge in [-0.05, 0) is 18.8 Å². The van der Waals surface area contributed by atoms with Crippen molar-refractivity contribution in [2.24, 2.45) is 5.92 Å². The fourth-order valence-corrected chi connectivity index (χ4v) is 1.91. The number of anilines is 1. The van der Waals surface area contributed by atoms with Crippen molar-refractivity contribution in [3.8, 4) is 5.75 Å². The maximum Gasteiger partial charge on any atom is 0.295 e. The van der Waals surface area contributed by atoms with Gasteiger partial charge in [0.15, 0.2) is 5.82 Å². The summed E-state index contributed by atoms with van der Waals surface area (Å²) in [6.07, 6.45) is 3.59. The summed E-state index contributed by atoms with van der Waals surface area (Å²) in [5, 5.41) is 3.14. The summed E-state index contributed by atoms with van der Waals surface area (Å²) >= 11 is 0. The third-order valence-corrected chi connectivity index (χ3v) is 2.83. The maximum absolute atomic E-state index is 11.4. The first kappa shape index (κ1) is 11.9. The van der Waals surface area contributed by atoms with E-state index in [1.807, 2.05) is 0 Å². The number of methoxy groups -OCH3 is 1. The first-order valence-corrected chi connectivity index (χ1v) is 5.74. The van der Waals surface area contributed by atoms with Gasteiger partial charge in [-0.15, -0.1) is 0 Å². The van der Waals surface area contributed by atoms with Crippen LogP contribution >= 0.6 is 0 Å². The van der Waals surface area contributed by atoms with Crippen molar-refractivity contribution in [1.82, 2.24) is 9.97 Å². The largest absolute Gasteiger partial charge is 0.489 e. The lowest BCUT2D eigenvalue weighted by molar-refractivity contribution is 0.0594. The summed E-state index contributed by atoms with van der Waals surface area (Å²) in [5.74, 6) is 1.18. The molecule has 94 valence electrons. The number of nitrogens with one attached hydrogen (secondary N) is 2. The third kappa shape index (κ3) is 2.97. The van der Waals surface area contributed by atoms with E-state index in [2.05, 4.69) is 15.3 Å². The van der Waals surface area contributed by atoms with Crippen LogP contribution in [0.15, 0.2) is 11.1 Å². The van der Waals surface area contributed by atoms with Crippen molar-refractivity contribution in [2.75, 3.05) is 32.2 Å². The highest BCUT2D eigenvalue weighted by Gasteiger charge is 2.15. The second kappa shape index (κ2) is 5.67. The molecule has 1 aliphatic rings. The number of rotatable bonds is 4. The lowest BCUT2D eigenvalue weighted by atomic mass is 10.0. The van der Waals surface area contributed by atoms with Gasteiger partial charge in [0.1, 0.15) is 0 Å². The Morgan fingerprint density at radius 3 is 3.29 bits per heavy atom. The normalized spacial score (nSPS) is 19.9. The second-order valence-electron chi connectivity index (χ2n) is 4.08. The molecule has 0 aliphatic carbocycles. The zero-order valence-electron chi connectivity index (χ0n) is 9.86. The third-order valence-electron chi connectivity index (χ3n) is 2.83. The molecular formula is C11H17N3O3. The Balaban J connectivity index is 1.98. The van der Waals surface area contributed by atoms with Crippen molar-refractivity contribution in [3.63, 3.8) is 0 Å². The molecule has 17 heavy (non-hydrogen) atoms. The van der Waals surface area contributed by atoms with Crippen LogP contribution in [0, 0.1) is 5.92 Å². The summed E-state index contributed by atoms with van der Waals surface area (Å²) < 4.78 is 10.4. The molecule has 1 saturated heterocycles. The molecule has 1 aliphatic heterocycles. The predicted octanol–water partition coefficient (Wildman–Crippen LogP) is 0.617. The fraction of sp³-hybridized carbons (Fsp3) is 0.636. The van der Waals surface area contributed by atoms with Gasteiger partial charge in [0.25, 0.3) is 5.56 Å². The lowest BCUT2D eigenvalue weighted by Gasteiger charge is -2.22. The zero-order valence-corrected chi connectivity index (χ0v) is 9.86. The Morgan fingerprint density at radius 1 is 1.71 bits per heavy atom.